The molecule has 19 heavy (non-hydrogen) atoms. The highest BCUT2D eigenvalue weighted by atomic mass is 16.5. The summed E-state index contributed by atoms with van der Waals surface area (Å²) in [6.45, 7) is 13.9. The number of nitrogens with one attached hydrogen (secondary N) is 1. The number of nitrogens with zero attached hydrogens (tertiary/aromatic N) is 1. The SMILES string of the molecule is CCCC(C)(CNC(C)C)CN1CCC(OC)CC1. The largest absolute Gasteiger partial charge is 0.381 e. The molecule has 1 unspecified atom stereocenters. The molecule has 114 valence electrons. The molecular formula is C16H34N2O. The summed E-state index contributed by atoms with van der Waals surface area (Å²) >= 11 is 0. The van der Waals surface area contributed by atoms with Crippen LogP contribution in [0.25, 0.3) is 0 Å². The average Bonchev–Trinajstić information content (AvgIpc) is 2.38. The number of methoxy groups -OCH3 is 1. The quantitative estimate of drug-likeness (QED) is 0.734. The second-order valence-corrected chi connectivity index (χ2v) is 6.81. The van der Waals surface area contributed by atoms with Gasteiger partial charge in [-0.25, -0.2) is 0 Å². The van der Waals surface area contributed by atoms with E-state index in [1.165, 1.54) is 45.3 Å². The fraction of sp³-hybridized carbons (Fsp3) is 1.00. The maximum atomic E-state index is 5.46. The van der Waals surface area contributed by atoms with Crippen molar-refractivity contribution < 1.29 is 4.74 Å². The third-order valence-electron chi connectivity index (χ3n) is 4.26. The van der Waals surface area contributed by atoms with Crippen molar-refractivity contribution in [1.29, 1.82) is 0 Å². The van der Waals surface area contributed by atoms with Gasteiger partial charge < -0.3 is 15.0 Å². The van der Waals surface area contributed by atoms with E-state index in [0.29, 0.717) is 17.6 Å². The van der Waals surface area contributed by atoms with E-state index in [9.17, 15) is 0 Å². The Labute approximate surface area is 120 Å². The standard InChI is InChI=1S/C16H34N2O/c1-6-9-16(4,12-17-14(2)3)13-18-10-7-15(19-5)8-11-18/h14-15,17H,6-13H2,1-5H3. The first-order valence-corrected chi connectivity index (χ1v) is 7.97. The zero-order valence-corrected chi connectivity index (χ0v) is 13.7. The molecule has 1 saturated heterocycles. The normalized spacial score (nSPS) is 21.8. The van der Waals surface area contributed by atoms with Gasteiger partial charge in [0.1, 0.15) is 0 Å². The molecule has 1 rings (SSSR count). The summed E-state index contributed by atoms with van der Waals surface area (Å²) in [5, 5.41) is 3.63. The van der Waals surface area contributed by atoms with Crippen molar-refractivity contribution in [1.82, 2.24) is 10.2 Å². The van der Waals surface area contributed by atoms with Crippen molar-refractivity contribution >= 4 is 0 Å². The highest BCUT2D eigenvalue weighted by Crippen LogP contribution is 2.26. The molecule has 0 aliphatic carbocycles. The van der Waals surface area contributed by atoms with Crippen molar-refractivity contribution in [2.24, 2.45) is 5.41 Å². The van der Waals surface area contributed by atoms with Gasteiger partial charge in [-0.2, -0.15) is 0 Å². The smallest absolute Gasteiger partial charge is 0.0595 e. The Morgan fingerprint density at radius 1 is 1.32 bits per heavy atom. The summed E-state index contributed by atoms with van der Waals surface area (Å²) in [5.74, 6) is 0. The molecule has 0 aromatic rings. The molecule has 0 saturated carbocycles. The van der Waals surface area contributed by atoms with Crippen molar-refractivity contribution in [3.8, 4) is 0 Å². The van der Waals surface area contributed by atoms with Crippen LogP contribution in [0.2, 0.25) is 0 Å². The summed E-state index contributed by atoms with van der Waals surface area (Å²) in [7, 11) is 1.84. The second kappa shape index (κ2) is 8.23. The van der Waals surface area contributed by atoms with Gasteiger partial charge in [0.25, 0.3) is 0 Å². The maximum absolute atomic E-state index is 5.46. The van der Waals surface area contributed by atoms with Crippen LogP contribution in [0.5, 0.6) is 0 Å². The van der Waals surface area contributed by atoms with Gasteiger partial charge in [-0.15, -0.1) is 0 Å². The first kappa shape index (κ1) is 16.9. The lowest BCUT2D eigenvalue weighted by Gasteiger charge is -2.39. The van der Waals surface area contributed by atoms with Gasteiger partial charge in [-0.05, 0) is 24.7 Å². The molecule has 1 atom stereocenters. The first-order chi connectivity index (χ1) is 8.99. The van der Waals surface area contributed by atoms with Gasteiger partial charge in [-0.1, -0.05) is 34.1 Å². The molecule has 1 N–H and O–H groups in total. The fourth-order valence-electron chi connectivity index (χ4n) is 3.12. The molecular weight excluding hydrogens is 236 g/mol. The summed E-state index contributed by atoms with van der Waals surface area (Å²) < 4.78 is 5.46. The second-order valence-electron chi connectivity index (χ2n) is 6.81. The minimum absolute atomic E-state index is 0.402. The molecule has 0 bridgehead atoms. The monoisotopic (exact) mass is 270 g/mol. The van der Waals surface area contributed by atoms with E-state index in [0.717, 1.165) is 6.54 Å². The third kappa shape index (κ3) is 6.24. The zero-order valence-electron chi connectivity index (χ0n) is 13.7. The maximum Gasteiger partial charge on any atom is 0.0595 e. The summed E-state index contributed by atoms with van der Waals surface area (Å²) in [6, 6.07) is 0.579. The van der Waals surface area contributed by atoms with Gasteiger partial charge in [0, 0.05) is 39.3 Å². The van der Waals surface area contributed by atoms with E-state index in [1.807, 2.05) is 7.11 Å². The molecule has 1 aliphatic rings. The van der Waals surface area contributed by atoms with E-state index in [4.69, 9.17) is 4.74 Å². The lowest BCUT2D eigenvalue weighted by Crippen LogP contribution is -2.47. The Morgan fingerprint density at radius 3 is 2.42 bits per heavy atom. The summed E-state index contributed by atoms with van der Waals surface area (Å²) in [5.41, 5.74) is 0.402. The predicted molar refractivity (Wildman–Crippen MR) is 82.6 cm³/mol. The Balaban J connectivity index is 2.44. The van der Waals surface area contributed by atoms with E-state index >= 15 is 0 Å². The molecule has 1 fully saturated rings. The first-order valence-electron chi connectivity index (χ1n) is 7.97. The predicted octanol–water partition coefficient (Wildman–Crippen LogP) is 2.90. The fourth-order valence-corrected chi connectivity index (χ4v) is 3.12. The average molecular weight is 270 g/mol. The Bertz CT molecular complexity index is 237. The lowest BCUT2D eigenvalue weighted by molar-refractivity contribution is 0.0265. The molecule has 3 heteroatoms. The van der Waals surface area contributed by atoms with Crippen molar-refractivity contribution in [3.05, 3.63) is 0 Å². The molecule has 0 radical (unpaired) electrons. The molecule has 0 aromatic heterocycles. The molecule has 1 aliphatic heterocycles. The van der Waals surface area contributed by atoms with Crippen LogP contribution in [0.4, 0.5) is 0 Å². The highest BCUT2D eigenvalue weighted by molar-refractivity contribution is 4.83. The Kier molecular flexibility index (Phi) is 7.33. The minimum atomic E-state index is 0.402. The number of ether oxygens (including phenoxy) is 1. The van der Waals surface area contributed by atoms with Crippen LogP contribution in [0.1, 0.15) is 53.4 Å². The van der Waals surface area contributed by atoms with Crippen molar-refractivity contribution in [2.75, 3.05) is 33.3 Å². The van der Waals surface area contributed by atoms with E-state index in [2.05, 4.69) is 37.9 Å². The van der Waals surface area contributed by atoms with Gasteiger partial charge in [0.05, 0.1) is 6.10 Å². The highest BCUT2D eigenvalue weighted by Gasteiger charge is 2.28. The number of hydrogen-bond donors (Lipinski definition) is 1. The number of likely N-dealkylation sites (tertiary alicyclic amines) is 1. The molecule has 1 heterocycles. The molecule has 0 amide bonds. The van der Waals surface area contributed by atoms with Crippen LogP contribution in [-0.4, -0.2) is 50.3 Å². The van der Waals surface area contributed by atoms with Crippen LogP contribution in [0, 0.1) is 5.41 Å². The molecule has 0 aromatic carbocycles. The summed E-state index contributed by atoms with van der Waals surface area (Å²) in [4.78, 5) is 2.63. The number of rotatable bonds is 8. The molecule has 0 spiro atoms. The van der Waals surface area contributed by atoms with Gasteiger partial charge in [0.15, 0.2) is 0 Å². The number of piperidine rings is 1. The Morgan fingerprint density at radius 2 is 1.95 bits per heavy atom. The minimum Gasteiger partial charge on any atom is -0.381 e. The van der Waals surface area contributed by atoms with Crippen LogP contribution in [0.3, 0.4) is 0 Å². The zero-order chi connectivity index (χ0) is 14.3. The topological polar surface area (TPSA) is 24.5 Å². The van der Waals surface area contributed by atoms with Crippen molar-refractivity contribution in [2.45, 2.75) is 65.5 Å². The lowest BCUT2D eigenvalue weighted by atomic mass is 9.84. The Hall–Kier alpha value is -0.120. The van der Waals surface area contributed by atoms with Crippen LogP contribution in [0.15, 0.2) is 0 Å². The van der Waals surface area contributed by atoms with E-state index < -0.39 is 0 Å². The van der Waals surface area contributed by atoms with Crippen LogP contribution < -0.4 is 5.32 Å². The van der Waals surface area contributed by atoms with E-state index in [1.54, 1.807) is 0 Å². The van der Waals surface area contributed by atoms with Gasteiger partial charge in [-0.3, -0.25) is 0 Å². The van der Waals surface area contributed by atoms with Crippen LogP contribution in [-0.2, 0) is 4.74 Å². The van der Waals surface area contributed by atoms with Crippen LogP contribution >= 0.6 is 0 Å². The van der Waals surface area contributed by atoms with Gasteiger partial charge >= 0.3 is 0 Å². The van der Waals surface area contributed by atoms with Gasteiger partial charge in [0.2, 0.25) is 0 Å². The summed E-state index contributed by atoms with van der Waals surface area (Å²) in [6.07, 6.45) is 5.44. The molecule has 3 nitrogen and oxygen atoms in total. The van der Waals surface area contributed by atoms with E-state index in [-0.39, 0.29) is 0 Å². The number of hydrogen-bond acceptors (Lipinski definition) is 3. The van der Waals surface area contributed by atoms with Crippen molar-refractivity contribution in [3.63, 3.8) is 0 Å². The third-order valence-corrected chi connectivity index (χ3v) is 4.26.